The highest BCUT2D eigenvalue weighted by Crippen LogP contribution is 2.31. The van der Waals surface area contributed by atoms with E-state index in [9.17, 15) is 8.78 Å². The van der Waals surface area contributed by atoms with Crippen molar-refractivity contribution in [2.75, 3.05) is 51.9 Å². The summed E-state index contributed by atoms with van der Waals surface area (Å²) in [5.41, 5.74) is 3.11. The predicted octanol–water partition coefficient (Wildman–Crippen LogP) is 4.26. The normalized spacial score (nSPS) is 22.0. The third-order valence-electron chi connectivity index (χ3n) is 7.60. The lowest BCUT2D eigenvalue weighted by atomic mass is 9.98. The van der Waals surface area contributed by atoms with E-state index in [1.54, 1.807) is 37.4 Å². The number of hydrogen-bond donors (Lipinski definition) is 3. The van der Waals surface area contributed by atoms with Gasteiger partial charge in [-0.3, -0.25) is 4.57 Å². The molecular weight excluding hydrogens is 544 g/mol. The van der Waals surface area contributed by atoms with Gasteiger partial charge in [-0.05, 0) is 30.2 Å². The molecule has 12 heteroatoms. The number of nitrogens with zero attached hydrogens (tertiary/aromatic N) is 4. The number of para-hydroxylation sites is 2. The zero-order valence-corrected chi connectivity index (χ0v) is 23.6. The molecule has 0 bridgehead atoms. The van der Waals surface area contributed by atoms with E-state index < -0.39 is 12.5 Å². The van der Waals surface area contributed by atoms with Crippen molar-refractivity contribution in [3.8, 4) is 5.82 Å². The van der Waals surface area contributed by atoms with Crippen LogP contribution in [0.3, 0.4) is 0 Å². The minimum Gasteiger partial charge on any atom is -0.383 e. The number of fused-ring (bicyclic) bond motifs is 1. The average molecular weight is 580 g/mol. The molecule has 2 aromatic heterocycles. The maximum Gasteiger partial charge on any atom is 0.296 e. The van der Waals surface area contributed by atoms with Gasteiger partial charge in [0.1, 0.15) is 23.8 Å². The Morgan fingerprint density at radius 1 is 1.05 bits per heavy atom. The molecule has 4 heterocycles. The number of aromatic nitrogens is 4. The van der Waals surface area contributed by atoms with Crippen LogP contribution in [0.1, 0.15) is 54.4 Å². The molecule has 3 unspecified atom stereocenters. The van der Waals surface area contributed by atoms with Crippen molar-refractivity contribution in [2.45, 2.75) is 37.6 Å². The first-order valence-corrected chi connectivity index (χ1v) is 14.2. The predicted molar refractivity (Wildman–Crippen MR) is 154 cm³/mol. The quantitative estimate of drug-likeness (QED) is 0.268. The van der Waals surface area contributed by atoms with Crippen LogP contribution < -0.4 is 16.0 Å². The molecule has 222 valence electrons. The number of anilines is 1. The third-order valence-corrected chi connectivity index (χ3v) is 7.60. The molecule has 2 aliphatic rings. The number of morpholine rings is 2. The first-order valence-electron chi connectivity index (χ1n) is 14.2. The standard InChI is InChI=1S/C30H35F2N7O3/c1-18(19-7-9-20(10-8-19)27-22(17-40-2)34-12-14-42-27)35-25-15-26(38-29(37-25)24-16-33-11-13-41-24)39-23-6-4-3-5-21(23)36-30(39)28(31)32/h3-10,15,18,22,24,27-28,33-34H,11-14,16-17H2,1-2H3,(H,35,37,38)/t18?,22?,24?,27-/m1/s1. The van der Waals surface area contributed by atoms with Crippen molar-refractivity contribution in [1.82, 2.24) is 30.2 Å². The van der Waals surface area contributed by atoms with E-state index in [1.165, 1.54) is 4.57 Å². The van der Waals surface area contributed by atoms with Crippen molar-refractivity contribution in [3.63, 3.8) is 0 Å². The van der Waals surface area contributed by atoms with E-state index in [-0.39, 0.29) is 24.0 Å². The lowest BCUT2D eigenvalue weighted by Gasteiger charge is -2.32. The Morgan fingerprint density at radius 2 is 1.86 bits per heavy atom. The Bertz CT molecular complexity index is 1490. The Hall–Kier alpha value is -3.55. The van der Waals surface area contributed by atoms with Gasteiger partial charge in [-0.15, -0.1) is 0 Å². The smallest absolute Gasteiger partial charge is 0.296 e. The number of ether oxygens (including phenoxy) is 3. The van der Waals surface area contributed by atoms with Crippen molar-refractivity contribution >= 4 is 16.9 Å². The molecule has 0 amide bonds. The Labute approximate surface area is 242 Å². The molecule has 3 N–H and O–H groups in total. The van der Waals surface area contributed by atoms with Crippen molar-refractivity contribution in [3.05, 3.63) is 77.4 Å². The third kappa shape index (κ3) is 5.99. The van der Waals surface area contributed by atoms with Crippen LogP contribution in [0.5, 0.6) is 0 Å². The van der Waals surface area contributed by atoms with Gasteiger partial charge in [0.25, 0.3) is 6.43 Å². The van der Waals surface area contributed by atoms with Gasteiger partial charge in [0, 0.05) is 38.9 Å². The van der Waals surface area contributed by atoms with Crippen LogP contribution in [0.2, 0.25) is 0 Å². The van der Waals surface area contributed by atoms with Gasteiger partial charge < -0.3 is 30.2 Å². The minimum atomic E-state index is -2.79. The zero-order chi connectivity index (χ0) is 29.1. The van der Waals surface area contributed by atoms with E-state index in [0.29, 0.717) is 54.9 Å². The van der Waals surface area contributed by atoms with E-state index in [0.717, 1.165) is 24.2 Å². The molecule has 2 aliphatic heterocycles. The van der Waals surface area contributed by atoms with Crippen LogP contribution in [-0.2, 0) is 14.2 Å². The number of methoxy groups -OCH3 is 1. The molecule has 2 fully saturated rings. The SMILES string of the molecule is COCC1NCCO[C@@H]1c1ccc(C(C)Nc2cc(-n3c(C(F)F)nc4ccccc43)nc(C3CNCCO3)n2)cc1. The topological polar surface area (TPSA) is 107 Å². The van der Waals surface area contributed by atoms with E-state index in [4.69, 9.17) is 24.2 Å². The fourth-order valence-electron chi connectivity index (χ4n) is 5.54. The lowest BCUT2D eigenvalue weighted by molar-refractivity contribution is -0.0273. The van der Waals surface area contributed by atoms with Gasteiger partial charge in [0.05, 0.1) is 36.9 Å². The summed E-state index contributed by atoms with van der Waals surface area (Å²) in [6, 6.07) is 16.9. The molecular formula is C30H35F2N7O3. The van der Waals surface area contributed by atoms with Gasteiger partial charge in [0.2, 0.25) is 0 Å². The first kappa shape index (κ1) is 28.6. The highest BCUT2D eigenvalue weighted by molar-refractivity contribution is 5.78. The fourth-order valence-corrected chi connectivity index (χ4v) is 5.54. The van der Waals surface area contributed by atoms with Crippen LogP contribution in [0, 0.1) is 0 Å². The van der Waals surface area contributed by atoms with Crippen molar-refractivity contribution in [1.29, 1.82) is 0 Å². The molecule has 0 aliphatic carbocycles. The van der Waals surface area contributed by atoms with Gasteiger partial charge in [0.15, 0.2) is 11.6 Å². The summed E-state index contributed by atoms with van der Waals surface area (Å²) in [6.07, 6.45) is -3.30. The Kier molecular flexibility index (Phi) is 8.68. The summed E-state index contributed by atoms with van der Waals surface area (Å²) in [5.74, 6) is 0.839. The maximum absolute atomic E-state index is 14.2. The van der Waals surface area contributed by atoms with Crippen LogP contribution in [0.15, 0.2) is 54.6 Å². The summed E-state index contributed by atoms with van der Waals surface area (Å²) in [6.45, 7) is 5.77. The zero-order valence-electron chi connectivity index (χ0n) is 23.6. The average Bonchev–Trinajstić information content (AvgIpc) is 3.42. The molecule has 4 atom stereocenters. The van der Waals surface area contributed by atoms with Crippen LogP contribution in [-0.4, -0.2) is 72.1 Å². The van der Waals surface area contributed by atoms with Gasteiger partial charge >= 0.3 is 0 Å². The second kappa shape index (κ2) is 12.8. The number of rotatable bonds is 9. The second-order valence-electron chi connectivity index (χ2n) is 10.5. The van der Waals surface area contributed by atoms with Gasteiger partial charge in [-0.2, -0.15) is 0 Å². The molecule has 0 radical (unpaired) electrons. The number of alkyl halides is 2. The summed E-state index contributed by atoms with van der Waals surface area (Å²) in [7, 11) is 1.69. The molecule has 2 saturated heterocycles. The summed E-state index contributed by atoms with van der Waals surface area (Å²) < 4.78 is 47.1. The monoisotopic (exact) mass is 579 g/mol. The maximum atomic E-state index is 14.2. The second-order valence-corrected chi connectivity index (χ2v) is 10.5. The number of hydrogen-bond acceptors (Lipinski definition) is 9. The highest BCUT2D eigenvalue weighted by Gasteiger charge is 2.28. The lowest BCUT2D eigenvalue weighted by Crippen LogP contribution is -2.46. The first-order chi connectivity index (χ1) is 20.5. The van der Waals surface area contributed by atoms with Crippen LogP contribution in [0.4, 0.5) is 14.6 Å². The number of nitrogens with one attached hydrogen (secondary N) is 3. The fraction of sp³-hybridized carbons (Fsp3) is 0.433. The van der Waals surface area contributed by atoms with Gasteiger partial charge in [-0.25, -0.2) is 23.7 Å². The molecule has 0 saturated carbocycles. The Morgan fingerprint density at radius 3 is 2.62 bits per heavy atom. The number of halogens is 2. The van der Waals surface area contributed by atoms with Crippen LogP contribution >= 0.6 is 0 Å². The van der Waals surface area contributed by atoms with E-state index in [2.05, 4.69) is 45.2 Å². The summed E-state index contributed by atoms with van der Waals surface area (Å²) in [5, 5.41) is 10.2. The molecule has 0 spiro atoms. The van der Waals surface area contributed by atoms with E-state index >= 15 is 0 Å². The van der Waals surface area contributed by atoms with E-state index in [1.807, 2.05) is 6.92 Å². The number of imidazole rings is 1. The molecule has 10 nitrogen and oxygen atoms in total. The molecule has 6 rings (SSSR count). The van der Waals surface area contributed by atoms with Crippen molar-refractivity contribution in [2.24, 2.45) is 0 Å². The molecule has 42 heavy (non-hydrogen) atoms. The van der Waals surface area contributed by atoms with Gasteiger partial charge in [-0.1, -0.05) is 36.4 Å². The minimum absolute atomic E-state index is 0.0805. The largest absolute Gasteiger partial charge is 0.383 e. The Balaban J connectivity index is 1.31. The molecule has 4 aromatic rings. The van der Waals surface area contributed by atoms with Crippen LogP contribution in [0.25, 0.3) is 16.9 Å². The summed E-state index contributed by atoms with van der Waals surface area (Å²) >= 11 is 0. The number of benzene rings is 2. The molecule has 2 aromatic carbocycles. The van der Waals surface area contributed by atoms with Crippen molar-refractivity contribution < 1.29 is 23.0 Å². The highest BCUT2D eigenvalue weighted by atomic mass is 19.3. The summed E-state index contributed by atoms with van der Waals surface area (Å²) in [4.78, 5) is 13.7.